The molecule has 0 aromatic carbocycles. The lowest BCUT2D eigenvalue weighted by molar-refractivity contribution is 0.00641. The highest BCUT2D eigenvalue weighted by atomic mass is 32.2. The molecule has 0 atom stereocenters. The van der Waals surface area contributed by atoms with Gasteiger partial charge in [-0.25, -0.2) is 13.1 Å². The Kier molecular flexibility index (Phi) is 3.74. The molecular formula is C11H19NO3S2. The van der Waals surface area contributed by atoms with Crippen molar-refractivity contribution in [3.63, 3.8) is 0 Å². The molecule has 0 saturated carbocycles. The van der Waals surface area contributed by atoms with Gasteiger partial charge >= 0.3 is 0 Å². The van der Waals surface area contributed by atoms with Crippen LogP contribution in [0.2, 0.25) is 0 Å². The van der Waals surface area contributed by atoms with Gasteiger partial charge in [0.05, 0.1) is 11.1 Å². The fourth-order valence-corrected chi connectivity index (χ4v) is 3.88. The molecule has 17 heavy (non-hydrogen) atoms. The summed E-state index contributed by atoms with van der Waals surface area (Å²) in [4.78, 5) is 0.937. The second-order valence-electron chi connectivity index (χ2n) is 5.15. The van der Waals surface area contributed by atoms with Crippen LogP contribution in [-0.4, -0.2) is 24.7 Å². The van der Waals surface area contributed by atoms with E-state index in [1.807, 2.05) is 6.92 Å². The van der Waals surface area contributed by atoms with Crippen molar-refractivity contribution < 1.29 is 13.5 Å². The van der Waals surface area contributed by atoms with Crippen LogP contribution in [0.25, 0.3) is 0 Å². The van der Waals surface area contributed by atoms with Crippen molar-refractivity contribution >= 4 is 21.4 Å². The number of rotatable bonds is 4. The van der Waals surface area contributed by atoms with E-state index in [0.717, 1.165) is 4.88 Å². The zero-order valence-electron chi connectivity index (χ0n) is 10.7. The number of nitrogens with one attached hydrogen (secondary N) is 1. The second-order valence-corrected chi connectivity index (χ2v) is 8.35. The van der Waals surface area contributed by atoms with Crippen LogP contribution in [0.5, 0.6) is 0 Å². The standard InChI is InChI=1S/C11H19NO3S2/c1-8-6-7-9(16-8)17(14,15)12-10(2,3)11(4,5)13/h6-7,12-13H,1-5H3. The number of aliphatic hydroxyl groups is 1. The highest BCUT2D eigenvalue weighted by Gasteiger charge is 2.39. The van der Waals surface area contributed by atoms with Gasteiger partial charge in [-0.2, -0.15) is 0 Å². The summed E-state index contributed by atoms with van der Waals surface area (Å²) in [6.45, 7) is 8.32. The van der Waals surface area contributed by atoms with Crippen LogP contribution in [0.3, 0.4) is 0 Å². The molecule has 2 N–H and O–H groups in total. The summed E-state index contributed by atoms with van der Waals surface area (Å²) in [6.07, 6.45) is 0. The molecule has 0 spiro atoms. The molecule has 0 saturated heterocycles. The molecule has 6 heteroatoms. The van der Waals surface area contributed by atoms with Crippen LogP contribution in [0.4, 0.5) is 0 Å². The van der Waals surface area contributed by atoms with E-state index in [9.17, 15) is 13.5 Å². The van der Waals surface area contributed by atoms with Gasteiger partial charge in [0.1, 0.15) is 4.21 Å². The summed E-state index contributed by atoms with van der Waals surface area (Å²) < 4.78 is 27.0. The Labute approximate surface area is 107 Å². The predicted octanol–water partition coefficient (Wildman–Crippen LogP) is 1.88. The number of hydrogen-bond donors (Lipinski definition) is 2. The van der Waals surface area contributed by atoms with Gasteiger partial charge in [-0.1, -0.05) is 0 Å². The van der Waals surface area contributed by atoms with E-state index in [-0.39, 0.29) is 4.21 Å². The minimum atomic E-state index is -3.57. The van der Waals surface area contributed by atoms with Crippen LogP contribution in [0.1, 0.15) is 32.6 Å². The van der Waals surface area contributed by atoms with Gasteiger partial charge in [0, 0.05) is 4.88 Å². The van der Waals surface area contributed by atoms with Crippen LogP contribution >= 0.6 is 11.3 Å². The maximum Gasteiger partial charge on any atom is 0.250 e. The van der Waals surface area contributed by atoms with E-state index >= 15 is 0 Å². The summed E-state index contributed by atoms with van der Waals surface area (Å²) in [5.41, 5.74) is -2.09. The molecule has 1 aromatic rings. The summed E-state index contributed by atoms with van der Waals surface area (Å²) in [5.74, 6) is 0. The molecule has 1 rings (SSSR count). The molecular weight excluding hydrogens is 258 g/mol. The molecule has 98 valence electrons. The molecule has 4 nitrogen and oxygen atoms in total. The Morgan fingerprint density at radius 2 is 1.76 bits per heavy atom. The van der Waals surface area contributed by atoms with Gasteiger partial charge in [0.2, 0.25) is 0 Å². The molecule has 1 aromatic heterocycles. The minimum absolute atomic E-state index is 0.271. The summed E-state index contributed by atoms with van der Waals surface area (Å²) in [7, 11) is -3.57. The summed E-state index contributed by atoms with van der Waals surface area (Å²) in [5, 5.41) is 9.94. The highest BCUT2D eigenvalue weighted by Crippen LogP contribution is 2.26. The van der Waals surface area contributed by atoms with Crippen molar-refractivity contribution in [1.29, 1.82) is 0 Å². The van der Waals surface area contributed by atoms with Crippen LogP contribution < -0.4 is 4.72 Å². The third-order valence-electron chi connectivity index (χ3n) is 2.90. The molecule has 0 fully saturated rings. The first kappa shape index (κ1) is 14.6. The Balaban J connectivity index is 3.03. The normalized spacial score (nSPS) is 14.0. The van der Waals surface area contributed by atoms with Crippen molar-refractivity contribution in [2.75, 3.05) is 0 Å². The van der Waals surface area contributed by atoms with Gasteiger partial charge < -0.3 is 5.11 Å². The van der Waals surface area contributed by atoms with E-state index in [2.05, 4.69) is 4.72 Å². The quantitative estimate of drug-likeness (QED) is 0.883. The summed E-state index contributed by atoms with van der Waals surface area (Å²) in [6, 6.07) is 3.33. The molecule has 0 bridgehead atoms. The lowest BCUT2D eigenvalue weighted by Gasteiger charge is -2.37. The maximum atomic E-state index is 12.1. The van der Waals surface area contributed by atoms with Crippen molar-refractivity contribution in [2.24, 2.45) is 0 Å². The monoisotopic (exact) mass is 277 g/mol. The van der Waals surface area contributed by atoms with Gasteiger partial charge in [0.25, 0.3) is 10.0 Å². The fraction of sp³-hybridized carbons (Fsp3) is 0.636. The van der Waals surface area contributed by atoms with Crippen molar-refractivity contribution in [1.82, 2.24) is 4.72 Å². The first-order chi connectivity index (χ1) is 7.46. The van der Waals surface area contributed by atoms with Gasteiger partial charge in [-0.05, 0) is 46.8 Å². The van der Waals surface area contributed by atoms with Crippen molar-refractivity contribution in [3.05, 3.63) is 17.0 Å². The average molecular weight is 277 g/mol. The predicted molar refractivity (Wildman–Crippen MR) is 69.8 cm³/mol. The van der Waals surface area contributed by atoms with Crippen molar-refractivity contribution in [2.45, 2.75) is 50.0 Å². The van der Waals surface area contributed by atoms with E-state index in [0.29, 0.717) is 0 Å². The first-order valence-corrected chi connectivity index (χ1v) is 7.58. The molecule has 0 aliphatic carbocycles. The first-order valence-electron chi connectivity index (χ1n) is 5.28. The number of aryl methyl sites for hydroxylation is 1. The number of sulfonamides is 1. The zero-order valence-corrected chi connectivity index (χ0v) is 12.4. The third kappa shape index (κ3) is 3.28. The largest absolute Gasteiger partial charge is 0.389 e. The smallest absolute Gasteiger partial charge is 0.250 e. The van der Waals surface area contributed by atoms with E-state index in [1.54, 1.807) is 39.8 Å². The minimum Gasteiger partial charge on any atom is -0.389 e. The maximum absolute atomic E-state index is 12.1. The molecule has 1 heterocycles. The lowest BCUT2D eigenvalue weighted by atomic mass is 9.87. The van der Waals surface area contributed by atoms with Gasteiger partial charge in [0.15, 0.2) is 0 Å². The molecule has 0 radical (unpaired) electrons. The van der Waals surface area contributed by atoms with E-state index in [4.69, 9.17) is 0 Å². The second kappa shape index (κ2) is 4.35. The SMILES string of the molecule is Cc1ccc(S(=O)(=O)NC(C)(C)C(C)(C)O)s1. The Morgan fingerprint density at radius 1 is 1.24 bits per heavy atom. The van der Waals surface area contributed by atoms with Crippen LogP contribution in [-0.2, 0) is 10.0 Å². The van der Waals surface area contributed by atoms with Gasteiger partial charge in [-0.3, -0.25) is 0 Å². The Hall–Kier alpha value is -0.430. The third-order valence-corrected chi connectivity index (χ3v) is 6.05. The van der Waals surface area contributed by atoms with E-state index in [1.165, 1.54) is 11.3 Å². The zero-order chi connectivity index (χ0) is 13.5. The lowest BCUT2D eigenvalue weighted by Crippen LogP contribution is -2.57. The van der Waals surface area contributed by atoms with Gasteiger partial charge in [-0.15, -0.1) is 11.3 Å². The van der Waals surface area contributed by atoms with E-state index < -0.39 is 21.2 Å². The molecule has 0 amide bonds. The molecule has 0 aliphatic rings. The Bertz CT molecular complexity index is 495. The van der Waals surface area contributed by atoms with Crippen molar-refractivity contribution in [3.8, 4) is 0 Å². The highest BCUT2D eigenvalue weighted by molar-refractivity contribution is 7.91. The number of thiophene rings is 1. The average Bonchev–Trinajstić information content (AvgIpc) is 2.48. The number of hydrogen-bond acceptors (Lipinski definition) is 4. The Morgan fingerprint density at radius 3 is 2.12 bits per heavy atom. The molecule has 0 aliphatic heterocycles. The summed E-state index contributed by atoms with van der Waals surface area (Å²) >= 11 is 1.21. The molecule has 0 unspecified atom stereocenters. The van der Waals surface area contributed by atoms with Crippen LogP contribution in [0.15, 0.2) is 16.3 Å². The fourth-order valence-electron chi connectivity index (χ4n) is 1.07. The van der Waals surface area contributed by atoms with Crippen LogP contribution in [0, 0.1) is 6.92 Å². The topological polar surface area (TPSA) is 66.4 Å².